The smallest absolute Gasteiger partial charge is 0.228 e. The van der Waals surface area contributed by atoms with Gasteiger partial charge in [0, 0.05) is 17.6 Å². The summed E-state index contributed by atoms with van der Waals surface area (Å²) in [5.41, 5.74) is 1.91. The van der Waals surface area contributed by atoms with E-state index in [1.165, 1.54) is 0 Å². The largest absolute Gasteiger partial charge is 0.334 e. The van der Waals surface area contributed by atoms with Gasteiger partial charge in [0.2, 0.25) is 5.91 Å². The van der Waals surface area contributed by atoms with Gasteiger partial charge in [-0.2, -0.15) is 0 Å². The average molecular weight is 302 g/mol. The molecule has 1 aliphatic heterocycles. The predicted molar refractivity (Wildman–Crippen MR) is 81.0 cm³/mol. The van der Waals surface area contributed by atoms with Gasteiger partial charge in [0.05, 0.1) is 28.9 Å². The van der Waals surface area contributed by atoms with E-state index in [4.69, 9.17) is 0 Å². The van der Waals surface area contributed by atoms with E-state index < -0.39 is 0 Å². The number of hydrogen-bond acceptors (Lipinski definition) is 5. The van der Waals surface area contributed by atoms with Crippen LogP contribution in [0.25, 0.3) is 0 Å². The minimum absolute atomic E-state index is 0.0924. The van der Waals surface area contributed by atoms with Crippen molar-refractivity contribution < 1.29 is 4.79 Å². The third kappa shape index (κ3) is 2.95. The Morgan fingerprint density at radius 3 is 3.00 bits per heavy atom. The molecule has 1 aliphatic rings. The van der Waals surface area contributed by atoms with Gasteiger partial charge in [0.25, 0.3) is 0 Å². The molecule has 0 unspecified atom stereocenters. The van der Waals surface area contributed by atoms with Crippen molar-refractivity contribution in [2.75, 3.05) is 6.54 Å². The monoisotopic (exact) mass is 302 g/mol. The van der Waals surface area contributed by atoms with E-state index in [2.05, 4.69) is 15.0 Å². The number of likely N-dealkylation sites (tertiary alicyclic amines) is 1. The Balaban J connectivity index is 1.76. The van der Waals surface area contributed by atoms with Gasteiger partial charge >= 0.3 is 0 Å². The molecule has 1 atom stereocenters. The van der Waals surface area contributed by atoms with Gasteiger partial charge in [-0.15, -0.1) is 11.3 Å². The molecule has 110 valence electrons. The maximum absolute atomic E-state index is 12.6. The Labute approximate surface area is 128 Å². The highest BCUT2D eigenvalue weighted by Crippen LogP contribution is 2.31. The summed E-state index contributed by atoms with van der Waals surface area (Å²) in [6.45, 7) is 4.76. The van der Waals surface area contributed by atoms with Crippen molar-refractivity contribution in [1.29, 1.82) is 0 Å². The molecule has 3 heterocycles. The molecule has 6 heteroatoms. The molecular formula is C15H18N4OS. The fourth-order valence-corrected chi connectivity index (χ4v) is 3.78. The molecule has 0 bridgehead atoms. The molecule has 2 aromatic heterocycles. The number of nitrogens with zero attached hydrogens (tertiary/aromatic N) is 4. The van der Waals surface area contributed by atoms with Crippen LogP contribution in [0.5, 0.6) is 0 Å². The first kappa shape index (κ1) is 14.1. The normalized spacial score (nSPS) is 18.2. The molecule has 0 aliphatic carbocycles. The Bertz CT molecular complexity index is 640. The summed E-state index contributed by atoms with van der Waals surface area (Å²) in [6.07, 6.45) is 5.73. The summed E-state index contributed by atoms with van der Waals surface area (Å²) in [7, 11) is 0. The van der Waals surface area contributed by atoms with Crippen LogP contribution in [0.1, 0.15) is 40.2 Å². The Hall–Kier alpha value is -1.82. The standard InChI is InChI=1S/C15H18N4OS/c1-10-14(21-11(2)18-10)8-15(20)19-7-3-4-13(19)12-5-6-16-9-17-12/h5-6,9,13H,3-4,7-8H2,1-2H3/t13-/m0/s1. The number of aromatic nitrogens is 3. The zero-order valence-corrected chi connectivity index (χ0v) is 13.1. The summed E-state index contributed by atoms with van der Waals surface area (Å²) in [5.74, 6) is 0.169. The van der Waals surface area contributed by atoms with E-state index in [1.807, 2.05) is 24.8 Å². The lowest BCUT2D eigenvalue weighted by atomic mass is 10.1. The van der Waals surface area contributed by atoms with Crippen LogP contribution < -0.4 is 0 Å². The zero-order chi connectivity index (χ0) is 14.8. The number of carbonyl (C=O) groups excluding carboxylic acids is 1. The first-order valence-corrected chi connectivity index (χ1v) is 7.95. The van der Waals surface area contributed by atoms with Crippen LogP contribution in [0.4, 0.5) is 0 Å². The van der Waals surface area contributed by atoms with Crippen molar-refractivity contribution in [3.63, 3.8) is 0 Å². The van der Waals surface area contributed by atoms with E-state index in [-0.39, 0.29) is 11.9 Å². The number of thiazole rings is 1. The van der Waals surface area contributed by atoms with E-state index in [9.17, 15) is 4.79 Å². The van der Waals surface area contributed by atoms with Crippen LogP contribution in [-0.4, -0.2) is 32.3 Å². The molecule has 3 rings (SSSR count). The van der Waals surface area contributed by atoms with E-state index >= 15 is 0 Å². The van der Waals surface area contributed by atoms with Crippen LogP contribution in [-0.2, 0) is 11.2 Å². The minimum atomic E-state index is 0.0924. The number of amides is 1. The van der Waals surface area contributed by atoms with Crippen LogP contribution in [0.2, 0.25) is 0 Å². The quantitative estimate of drug-likeness (QED) is 0.874. The Morgan fingerprint density at radius 1 is 1.48 bits per heavy atom. The lowest BCUT2D eigenvalue weighted by Gasteiger charge is -2.24. The number of rotatable bonds is 3. The van der Waals surface area contributed by atoms with Crippen molar-refractivity contribution in [3.8, 4) is 0 Å². The van der Waals surface area contributed by atoms with Crippen LogP contribution in [0.3, 0.4) is 0 Å². The van der Waals surface area contributed by atoms with Crippen molar-refractivity contribution in [1.82, 2.24) is 19.9 Å². The van der Waals surface area contributed by atoms with E-state index in [1.54, 1.807) is 23.9 Å². The summed E-state index contributed by atoms with van der Waals surface area (Å²) >= 11 is 1.61. The van der Waals surface area contributed by atoms with Crippen molar-refractivity contribution >= 4 is 17.2 Å². The van der Waals surface area contributed by atoms with Gasteiger partial charge in [-0.25, -0.2) is 15.0 Å². The highest BCUT2D eigenvalue weighted by Gasteiger charge is 2.31. The third-order valence-electron chi connectivity index (χ3n) is 3.83. The van der Waals surface area contributed by atoms with Gasteiger partial charge in [-0.3, -0.25) is 4.79 Å². The molecular weight excluding hydrogens is 284 g/mol. The fourth-order valence-electron chi connectivity index (χ4n) is 2.85. The zero-order valence-electron chi connectivity index (χ0n) is 12.2. The lowest BCUT2D eigenvalue weighted by molar-refractivity contribution is -0.131. The summed E-state index contributed by atoms with van der Waals surface area (Å²) in [5, 5.41) is 1.02. The average Bonchev–Trinajstić information content (AvgIpc) is 3.07. The predicted octanol–water partition coefficient (Wildman–Crippen LogP) is 2.46. The first-order chi connectivity index (χ1) is 10.1. The second-order valence-electron chi connectivity index (χ2n) is 5.30. The Kier molecular flexibility index (Phi) is 3.96. The molecule has 0 saturated carbocycles. The molecule has 0 N–H and O–H groups in total. The molecule has 1 amide bonds. The van der Waals surface area contributed by atoms with Gasteiger partial charge in [-0.1, -0.05) is 0 Å². The first-order valence-electron chi connectivity index (χ1n) is 7.13. The molecule has 0 radical (unpaired) electrons. The summed E-state index contributed by atoms with van der Waals surface area (Å²) in [4.78, 5) is 28.3. The summed E-state index contributed by atoms with van der Waals surface area (Å²) in [6, 6.07) is 1.99. The van der Waals surface area contributed by atoms with Gasteiger partial charge in [-0.05, 0) is 32.8 Å². The molecule has 2 aromatic rings. The maximum Gasteiger partial charge on any atom is 0.228 e. The number of aryl methyl sites for hydroxylation is 2. The van der Waals surface area contributed by atoms with Gasteiger partial charge < -0.3 is 4.90 Å². The van der Waals surface area contributed by atoms with Crippen molar-refractivity contribution in [2.24, 2.45) is 0 Å². The van der Waals surface area contributed by atoms with Gasteiger partial charge in [0.15, 0.2) is 0 Å². The third-order valence-corrected chi connectivity index (χ3v) is 4.90. The van der Waals surface area contributed by atoms with Crippen LogP contribution in [0.15, 0.2) is 18.6 Å². The second-order valence-corrected chi connectivity index (χ2v) is 6.59. The van der Waals surface area contributed by atoms with Crippen molar-refractivity contribution in [2.45, 2.75) is 39.2 Å². The SMILES string of the molecule is Cc1nc(C)c(CC(=O)N2CCC[C@H]2c2ccncn2)s1. The number of carbonyl (C=O) groups is 1. The molecule has 1 fully saturated rings. The molecule has 21 heavy (non-hydrogen) atoms. The molecule has 0 spiro atoms. The topological polar surface area (TPSA) is 59.0 Å². The van der Waals surface area contributed by atoms with E-state index in [0.717, 1.165) is 40.7 Å². The highest BCUT2D eigenvalue weighted by molar-refractivity contribution is 7.11. The van der Waals surface area contributed by atoms with Gasteiger partial charge in [0.1, 0.15) is 6.33 Å². The van der Waals surface area contributed by atoms with E-state index in [0.29, 0.717) is 6.42 Å². The van der Waals surface area contributed by atoms with Crippen molar-refractivity contribution in [3.05, 3.63) is 39.9 Å². The van der Waals surface area contributed by atoms with Crippen LogP contribution >= 0.6 is 11.3 Å². The highest BCUT2D eigenvalue weighted by atomic mass is 32.1. The number of hydrogen-bond donors (Lipinski definition) is 0. The van der Waals surface area contributed by atoms with Crippen LogP contribution in [0, 0.1) is 13.8 Å². The summed E-state index contributed by atoms with van der Waals surface area (Å²) < 4.78 is 0. The fraction of sp³-hybridized carbons (Fsp3) is 0.467. The Morgan fingerprint density at radius 2 is 2.33 bits per heavy atom. The lowest BCUT2D eigenvalue weighted by Crippen LogP contribution is -2.32. The maximum atomic E-state index is 12.6. The second kappa shape index (κ2) is 5.89. The minimum Gasteiger partial charge on any atom is -0.334 e. The molecule has 0 aromatic carbocycles. The molecule has 1 saturated heterocycles. The molecule has 5 nitrogen and oxygen atoms in total.